The molecule has 1 aromatic heterocycles. The van der Waals surface area contributed by atoms with Crippen LogP contribution in [0.3, 0.4) is 0 Å². The highest BCUT2D eigenvalue weighted by atomic mass is 15.1. The van der Waals surface area contributed by atoms with Gasteiger partial charge in [-0.1, -0.05) is 6.92 Å². The molecule has 1 heterocycles. The number of nitrogens with one attached hydrogen (secondary N) is 1. The molecule has 0 saturated carbocycles. The van der Waals surface area contributed by atoms with Gasteiger partial charge in [0.15, 0.2) is 0 Å². The highest BCUT2D eigenvalue weighted by Crippen LogP contribution is 1.98. The molecule has 4 nitrogen and oxygen atoms in total. The molecule has 1 N–H and O–H groups in total. The summed E-state index contributed by atoms with van der Waals surface area (Å²) in [7, 11) is 0. The zero-order valence-corrected chi connectivity index (χ0v) is 6.91. The summed E-state index contributed by atoms with van der Waals surface area (Å²) in [6, 6.07) is 3.53. The fourth-order valence-corrected chi connectivity index (χ4v) is 0.743. The summed E-state index contributed by atoms with van der Waals surface area (Å²) in [5.41, 5.74) is 0.392. The number of anilines is 1. The molecular formula is C8H10N4. The molecule has 0 bridgehead atoms. The van der Waals surface area contributed by atoms with E-state index in [9.17, 15) is 0 Å². The lowest BCUT2D eigenvalue weighted by atomic mass is 10.4. The van der Waals surface area contributed by atoms with Crippen molar-refractivity contribution in [2.45, 2.75) is 13.3 Å². The Morgan fingerprint density at radius 2 is 2.50 bits per heavy atom. The van der Waals surface area contributed by atoms with Crippen LogP contribution in [-0.4, -0.2) is 16.5 Å². The van der Waals surface area contributed by atoms with Crippen LogP contribution in [0.5, 0.6) is 0 Å². The first-order valence-electron chi connectivity index (χ1n) is 3.84. The Labute approximate surface area is 71.3 Å². The molecule has 0 aliphatic heterocycles. The maximum absolute atomic E-state index is 8.52. The van der Waals surface area contributed by atoms with Crippen molar-refractivity contribution in [3.8, 4) is 6.07 Å². The third-order valence-corrected chi connectivity index (χ3v) is 1.30. The summed E-state index contributed by atoms with van der Waals surface area (Å²) in [5.74, 6) is 0.524. The maximum atomic E-state index is 8.52. The molecule has 1 aromatic rings. The first kappa shape index (κ1) is 8.47. The van der Waals surface area contributed by atoms with E-state index in [0.717, 1.165) is 13.0 Å². The molecule has 4 heteroatoms. The van der Waals surface area contributed by atoms with Gasteiger partial charge in [-0.05, 0) is 12.5 Å². The van der Waals surface area contributed by atoms with Gasteiger partial charge < -0.3 is 5.32 Å². The van der Waals surface area contributed by atoms with Gasteiger partial charge in [0.05, 0.1) is 0 Å². The Morgan fingerprint density at radius 3 is 3.17 bits per heavy atom. The summed E-state index contributed by atoms with van der Waals surface area (Å²) < 4.78 is 0. The topological polar surface area (TPSA) is 61.6 Å². The van der Waals surface area contributed by atoms with Gasteiger partial charge in [0.1, 0.15) is 11.8 Å². The number of hydrogen-bond acceptors (Lipinski definition) is 4. The largest absolute Gasteiger partial charge is 0.354 e. The Kier molecular flexibility index (Phi) is 3.03. The molecule has 0 spiro atoms. The minimum Gasteiger partial charge on any atom is -0.354 e. The molecule has 0 aliphatic carbocycles. The van der Waals surface area contributed by atoms with E-state index in [1.165, 1.54) is 0 Å². The third-order valence-electron chi connectivity index (χ3n) is 1.30. The smallest absolute Gasteiger partial charge is 0.223 e. The minimum atomic E-state index is 0.392. The summed E-state index contributed by atoms with van der Waals surface area (Å²) in [6.45, 7) is 2.88. The standard InChI is InChI=1S/C8H10N4/c1-2-4-10-8-11-5-3-7(6-9)12-8/h3,5H,2,4H2,1H3,(H,10,11,12). The van der Waals surface area contributed by atoms with Crippen molar-refractivity contribution < 1.29 is 0 Å². The number of rotatable bonds is 3. The second-order valence-electron chi connectivity index (χ2n) is 2.30. The molecule has 0 unspecified atom stereocenters. The van der Waals surface area contributed by atoms with Crippen molar-refractivity contribution in [3.05, 3.63) is 18.0 Å². The van der Waals surface area contributed by atoms with Crippen molar-refractivity contribution in [2.24, 2.45) is 0 Å². The molecule has 0 atom stereocenters. The lowest BCUT2D eigenvalue weighted by Crippen LogP contribution is -2.04. The van der Waals surface area contributed by atoms with Gasteiger partial charge in [0, 0.05) is 12.7 Å². The monoisotopic (exact) mass is 162 g/mol. The first-order chi connectivity index (χ1) is 5.86. The van der Waals surface area contributed by atoms with Crippen LogP contribution in [0.25, 0.3) is 0 Å². The number of nitrogens with zero attached hydrogens (tertiary/aromatic N) is 3. The molecule has 0 saturated heterocycles. The van der Waals surface area contributed by atoms with Gasteiger partial charge in [-0.3, -0.25) is 0 Å². The maximum Gasteiger partial charge on any atom is 0.223 e. The lowest BCUT2D eigenvalue weighted by molar-refractivity contribution is 0.950. The minimum absolute atomic E-state index is 0.392. The van der Waals surface area contributed by atoms with Crippen LogP contribution in [0.4, 0.5) is 5.95 Å². The second-order valence-corrected chi connectivity index (χ2v) is 2.30. The third kappa shape index (κ3) is 2.20. The molecule has 0 amide bonds. The van der Waals surface area contributed by atoms with Crippen molar-refractivity contribution in [3.63, 3.8) is 0 Å². The van der Waals surface area contributed by atoms with Crippen LogP contribution in [0.2, 0.25) is 0 Å². The van der Waals surface area contributed by atoms with Crippen molar-refractivity contribution in [1.29, 1.82) is 5.26 Å². The zero-order valence-electron chi connectivity index (χ0n) is 6.91. The Morgan fingerprint density at radius 1 is 1.67 bits per heavy atom. The predicted octanol–water partition coefficient (Wildman–Crippen LogP) is 1.17. The van der Waals surface area contributed by atoms with E-state index in [2.05, 4.69) is 22.2 Å². The summed E-state index contributed by atoms with van der Waals surface area (Å²) in [6.07, 6.45) is 2.59. The molecule has 0 radical (unpaired) electrons. The van der Waals surface area contributed by atoms with Crippen molar-refractivity contribution in [2.75, 3.05) is 11.9 Å². The average Bonchev–Trinajstić information content (AvgIpc) is 2.15. The molecule has 0 fully saturated rings. The van der Waals surface area contributed by atoms with Gasteiger partial charge in [-0.15, -0.1) is 0 Å². The Hall–Kier alpha value is -1.63. The highest BCUT2D eigenvalue weighted by molar-refractivity contribution is 5.29. The number of nitriles is 1. The lowest BCUT2D eigenvalue weighted by Gasteiger charge is -2.00. The fraction of sp³-hybridized carbons (Fsp3) is 0.375. The Balaban J connectivity index is 2.68. The number of aromatic nitrogens is 2. The quantitative estimate of drug-likeness (QED) is 0.724. The van der Waals surface area contributed by atoms with E-state index in [-0.39, 0.29) is 0 Å². The van der Waals surface area contributed by atoms with Crippen LogP contribution >= 0.6 is 0 Å². The fourth-order valence-electron chi connectivity index (χ4n) is 0.743. The van der Waals surface area contributed by atoms with E-state index in [1.807, 2.05) is 6.07 Å². The van der Waals surface area contributed by atoms with E-state index in [0.29, 0.717) is 11.6 Å². The summed E-state index contributed by atoms with van der Waals surface area (Å²) in [5, 5.41) is 11.5. The van der Waals surface area contributed by atoms with Gasteiger partial charge in [-0.25, -0.2) is 9.97 Å². The van der Waals surface area contributed by atoms with Crippen molar-refractivity contribution >= 4 is 5.95 Å². The van der Waals surface area contributed by atoms with Crippen LogP contribution in [0.15, 0.2) is 12.3 Å². The SMILES string of the molecule is CCCNc1nccc(C#N)n1. The van der Waals surface area contributed by atoms with E-state index in [4.69, 9.17) is 5.26 Å². The van der Waals surface area contributed by atoms with E-state index < -0.39 is 0 Å². The summed E-state index contributed by atoms with van der Waals surface area (Å²) >= 11 is 0. The van der Waals surface area contributed by atoms with Crippen LogP contribution in [0.1, 0.15) is 19.0 Å². The van der Waals surface area contributed by atoms with Crippen LogP contribution in [0, 0.1) is 11.3 Å². The zero-order chi connectivity index (χ0) is 8.81. The second kappa shape index (κ2) is 4.29. The number of hydrogen-bond donors (Lipinski definition) is 1. The average molecular weight is 162 g/mol. The van der Waals surface area contributed by atoms with Crippen LogP contribution in [-0.2, 0) is 0 Å². The molecule has 0 aromatic carbocycles. The van der Waals surface area contributed by atoms with Crippen molar-refractivity contribution in [1.82, 2.24) is 9.97 Å². The molecule has 12 heavy (non-hydrogen) atoms. The summed E-state index contributed by atoms with van der Waals surface area (Å²) in [4.78, 5) is 7.90. The molecular weight excluding hydrogens is 152 g/mol. The van der Waals surface area contributed by atoms with Gasteiger partial charge in [0.2, 0.25) is 5.95 Å². The molecule has 1 rings (SSSR count). The van der Waals surface area contributed by atoms with Gasteiger partial charge in [0.25, 0.3) is 0 Å². The van der Waals surface area contributed by atoms with Crippen LogP contribution < -0.4 is 5.32 Å². The normalized spacial score (nSPS) is 9.00. The van der Waals surface area contributed by atoms with E-state index in [1.54, 1.807) is 12.3 Å². The first-order valence-corrected chi connectivity index (χ1v) is 3.84. The highest BCUT2D eigenvalue weighted by Gasteiger charge is 1.95. The predicted molar refractivity (Wildman–Crippen MR) is 45.5 cm³/mol. The van der Waals surface area contributed by atoms with Gasteiger partial charge >= 0.3 is 0 Å². The molecule has 62 valence electrons. The Bertz CT molecular complexity index is 289. The van der Waals surface area contributed by atoms with E-state index >= 15 is 0 Å². The molecule has 0 aliphatic rings. The van der Waals surface area contributed by atoms with Gasteiger partial charge in [-0.2, -0.15) is 5.26 Å².